The molecule has 2 heterocycles. The zero-order valence-electron chi connectivity index (χ0n) is 22.5. The number of nitrogens with zero attached hydrogens (tertiary/aromatic N) is 3. The van der Waals surface area contributed by atoms with Crippen LogP contribution in [-0.4, -0.2) is 79.4 Å². The highest BCUT2D eigenvalue weighted by Gasteiger charge is 2.48. The van der Waals surface area contributed by atoms with Crippen molar-refractivity contribution in [2.75, 3.05) is 52.9 Å². The van der Waals surface area contributed by atoms with E-state index >= 15 is 0 Å². The van der Waals surface area contributed by atoms with Gasteiger partial charge in [0.25, 0.3) is 0 Å². The van der Waals surface area contributed by atoms with Gasteiger partial charge in [-0.15, -0.1) is 0 Å². The fourth-order valence-corrected chi connectivity index (χ4v) is 6.61. The van der Waals surface area contributed by atoms with E-state index in [-0.39, 0.29) is 17.6 Å². The van der Waals surface area contributed by atoms with Crippen LogP contribution in [0.3, 0.4) is 0 Å². The summed E-state index contributed by atoms with van der Waals surface area (Å²) in [4.78, 5) is 34.0. The summed E-state index contributed by atoms with van der Waals surface area (Å²) in [5, 5.41) is 0. The third kappa shape index (κ3) is 5.73. The van der Waals surface area contributed by atoms with Crippen molar-refractivity contribution in [3.8, 4) is 5.75 Å². The second kappa shape index (κ2) is 11.4. The lowest BCUT2D eigenvalue weighted by Gasteiger charge is -2.46. The predicted molar refractivity (Wildman–Crippen MR) is 145 cm³/mol. The van der Waals surface area contributed by atoms with Gasteiger partial charge in [0.05, 0.1) is 12.0 Å². The van der Waals surface area contributed by atoms with Gasteiger partial charge in [-0.25, -0.2) is 4.39 Å². The number of carbonyl (C=O) groups is 2. The Morgan fingerprint density at radius 2 is 1.53 bits per heavy atom. The number of rotatable bonds is 7. The minimum atomic E-state index is -0.613. The Hall–Kier alpha value is -2.93. The molecule has 6 nitrogen and oxygen atoms in total. The first kappa shape index (κ1) is 26.7. The maximum atomic E-state index is 14.3. The first-order valence-corrected chi connectivity index (χ1v) is 14.1. The van der Waals surface area contributed by atoms with Crippen LogP contribution < -0.4 is 4.74 Å². The molecule has 0 aromatic heterocycles. The molecular weight excluding hydrogens is 481 g/mol. The summed E-state index contributed by atoms with van der Waals surface area (Å²) in [5.74, 6) is 0.767. The molecule has 0 N–H and O–H groups in total. The molecule has 38 heavy (non-hydrogen) atoms. The van der Waals surface area contributed by atoms with Crippen LogP contribution in [0, 0.1) is 11.2 Å². The first-order chi connectivity index (χ1) is 18.4. The fraction of sp³-hybridized carbons (Fsp3) is 0.548. The van der Waals surface area contributed by atoms with Crippen LogP contribution in [0.1, 0.15) is 50.5 Å². The van der Waals surface area contributed by atoms with Crippen LogP contribution in [-0.2, 0) is 15.0 Å². The normalized spacial score (nSPS) is 23.8. The van der Waals surface area contributed by atoms with Gasteiger partial charge in [0.1, 0.15) is 11.6 Å². The standard InChI is InChI=1S/C31H40FN3O3/c1-33-18-20-34(21-19-33)28(36)22-30(24-38-27-8-3-2-4-9-27)14-7-17-35(23-30)29(37)31(15-5-6-16-31)25-10-12-26(32)13-11-25/h2-4,8-13H,5-7,14-24H2,1H3/t30-/m1/s1. The van der Waals surface area contributed by atoms with E-state index < -0.39 is 10.8 Å². The summed E-state index contributed by atoms with van der Waals surface area (Å²) in [5.41, 5.74) is -0.155. The largest absolute Gasteiger partial charge is 0.493 e. The van der Waals surface area contributed by atoms with Gasteiger partial charge in [-0.3, -0.25) is 9.59 Å². The van der Waals surface area contributed by atoms with Gasteiger partial charge in [0.15, 0.2) is 0 Å². The molecule has 1 saturated carbocycles. The molecule has 3 aliphatic rings. The monoisotopic (exact) mass is 521 g/mol. The van der Waals surface area contributed by atoms with Crippen molar-refractivity contribution in [3.63, 3.8) is 0 Å². The van der Waals surface area contributed by atoms with Gasteiger partial charge in [0.2, 0.25) is 11.8 Å². The smallest absolute Gasteiger partial charge is 0.233 e. The van der Waals surface area contributed by atoms with Crippen LogP contribution in [0.15, 0.2) is 54.6 Å². The number of hydrogen-bond donors (Lipinski definition) is 0. The molecule has 204 valence electrons. The predicted octanol–water partition coefficient (Wildman–Crippen LogP) is 4.49. The number of likely N-dealkylation sites (tertiary alicyclic amines) is 1. The van der Waals surface area contributed by atoms with Crippen LogP contribution in [0.2, 0.25) is 0 Å². The fourth-order valence-electron chi connectivity index (χ4n) is 6.61. The number of para-hydroxylation sites is 1. The number of ether oxygens (including phenoxy) is 1. The van der Waals surface area contributed by atoms with Crippen molar-refractivity contribution >= 4 is 11.8 Å². The van der Waals surface area contributed by atoms with Crippen LogP contribution in [0.25, 0.3) is 0 Å². The summed E-state index contributed by atoms with van der Waals surface area (Å²) in [6.45, 7) is 4.80. The number of likely N-dealkylation sites (N-methyl/N-ethyl adjacent to an activating group) is 1. The lowest BCUT2D eigenvalue weighted by molar-refractivity contribution is -0.146. The number of carbonyl (C=O) groups excluding carboxylic acids is 2. The molecule has 5 rings (SSSR count). The quantitative estimate of drug-likeness (QED) is 0.539. The summed E-state index contributed by atoms with van der Waals surface area (Å²) in [7, 11) is 2.08. The Kier molecular flexibility index (Phi) is 8.03. The number of hydrogen-bond acceptors (Lipinski definition) is 4. The number of amides is 2. The van der Waals surface area contributed by atoms with Crippen molar-refractivity contribution < 1.29 is 18.7 Å². The Balaban J connectivity index is 1.38. The summed E-state index contributed by atoms with van der Waals surface area (Å²) in [6.07, 6.45) is 5.58. The molecule has 1 atom stereocenters. The molecule has 2 aromatic rings. The Morgan fingerprint density at radius 1 is 0.842 bits per heavy atom. The maximum Gasteiger partial charge on any atom is 0.233 e. The van der Waals surface area contributed by atoms with Crippen molar-refractivity contribution in [2.45, 2.75) is 50.4 Å². The molecule has 2 amide bonds. The number of benzene rings is 2. The molecular formula is C31H40FN3O3. The first-order valence-electron chi connectivity index (χ1n) is 14.1. The van der Waals surface area contributed by atoms with E-state index in [9.17, 15) is 14.0 Å². The lowest BCUT2D eigenvalue weighted by Crippen LogP contribution is -2.56. The SMILES string of the molecule is CN1CCN(C(=O)C[C@]2(COc3ccccc3)CCCN(C(=O)C3(c4ccc(F)cc4)CCCC3)C2)CC1. The molecule has 0 bridgehead atoms. The van der Waals surface area contributed by atoms with E-state index in [1.54, 1.807) is 12.1 Å². The van der Waals surface area contributed by atoms with Crippen molar-refractivity contribution in [2.24, 2.45) is 5.41 Å². The van der Waals surface area contributed by atoms with Crippen LogP contribution in [0.5, 0.6) is 5.75 Å². The van der Waals surface area contributed by atoms with E-state index in [4.69, 9.17) is 4.74 Å². The Morgan fingerprint density at radius 3 is 2.21 bits per heavy atom. The third-order valence-corrected chi connectivity index (χ3v) is 8.88. The van der Waals surface area contributed by atoms with E-state index in [1.165, 1.54) is 12.1 Å². The Labute approximate surface area is 225 Å². The van der Waals surface area contributed by atoms with Crippen LogP contribution in [0.4, 0.5) is 4.39 Å². The maximum absolute atomic E-state index is 14.3. The van der Waals surface area contributed by atoms with Crippen LogP contribution >= 0.6 is 0 Å². The number of piperazine rings is 1. The van der Waals surface area contributed by atoms with Gasteiger partial charge >= 0.3 is 0 Å². The molecule has 2 aromatic carbocycles. The highest BCUT2D eigenvalue weighted by Crippen LogP contribution is 2.45. The number of halogens is 1. The topological polar surface area (TPSA) is 53.1 Å². The van der Waals surface area contributed by atoms with Gasteiger partial charge < -0.3 is 19.4 Å². The van der Waals surface area contributed by atoms with Crippen molar-refractivity contribution in [1.29, 1.82) is 0 Å². The van der Waals surface area contributed by atoms with Gasteiger partial charge in [-0.1, -0.05) is 43.2 Å². The third-order valence-electron chi connectivity index (χ3n) is 8.88. The molecule has 0 unspecified atom stereocenters. The zero-order valence-corrected chi connectivity index (χ0v) is 22.5. The second-order valence-electron chi connectivity index (χ2n) is 11.6. The minimum absolute atomic E-state index is 0.123. The zero-order chi connectivity index (χ0) is 26.6. The van der Waals surface area contributed by atoms with Gasteiger partial charge in [-0.05, 0) is 62.6 Å². The van der Waals surface area contributed by atoms with E-state index in [1.807, 2.05) is 40.1 Å². The molecule has 2 aliphatic heterocycles. The molecule has 1 aliphatic carbocycles. The summed E-state index contributed by atoms with van der Waals surface area (Å²) < 4.78 is 20.0. The average Bonchev–Trinajstić information content (AvgIpc) is 3.44. The van der Waals surface area contributed by atoms with E-state index in [2.05, 4.69) is 11.9 Å². The van der Waals surface area contributed by atoms with Gasteiger partial charge in [0, 0.05) is 51.1 Å². The van der Waals surface area contributed by atoms with E-state index in [0.29, 0.717) is 26.1 Å². The second-order valence-corrected chi connectivity index (χ2v) is 11.6. The minimum Gasteiger partial charge on any atom is -0.493 e. The average molecular weight is 522 g/mol. The molecule has 7 heteroatoms. The summed E-state index contributed by atoms with van der Waals surface area (Å²) in [6, 6.07) is 16.2. The van der Waals surface area contributed by atoms with Crippen molar-refractivity contribution in [1.82, 2.24) is 14.7 Å². The summed E-state index contributed by atoms with van der Waals surface area (Å²) >= 11 is 0. The highest BCUT2D eigenvalue weighted by molar-refractivity contribution is 5.89. The van der Waals surface area contributed by atoms with E-state index in [0.717, 1.165) is 76.0 Å². The number of piperidine rings is 1. The lowest BCUT2D eigenvalue weighted by atomic mass is 9.74. The Bertz CT molecular complexity index is 1100. The highest BCUT2D eigenvalue weighted by atomic mass is 19.1. The molecule has 0 spiro atoms. The molecule has 2 saturated heterocycles. The van der Waals surface area contributed by atoms with Gasteiger partial charge in [-0.2, -0.15) is 0 Å². The molecule has 3 fully saturated rings. The molecule has 0 radical (unpaired) electrons. The van der Waals surface area contributed by atoms with Crippen molar-refractivity contribution in [3.05, 3.63) is 66.0 Å².